The normalized spacial score (nSPS) is 12.5. The number of nitrogens with one attached hydrogen (secondary N) is 1. The lowest BCUT2D eigenvalue weighted by molar-refractivity contribution is -0.115. The molecular weight excluding hydrogens is 460 g/mol. The fourth-order valence-corrected chi connectivity index (χ4v) is 5.04. The Bertz CT molecular complexity index is 1260. The highest BCUT2D eigenvalue weighted by molar-refractivity contribution is 8.00. The lowest BCUT2D eigenvalue weighted by Gasteiger charge is -2.31. The van der Waals surface area contributed by atoms with Crippen LogP contribution in [0.5, 0.6) is 0 Å². The van der Waals surface area contributed by atoms with Crippen LogP contribution in [0.2, 0.25) is 0 Å². The van der Waals surface area contributed by atoms with E-state index in [0.717, 1.165) is 0 Å². The average Bonchev–Trinajstić information content (AvgIpc) is 2.80. The van der Waals surface area contributed by atoms with Gasteiger partial charge in [0, 0.05) is 30.7 Å². The Morgan fingerprint density at radius 2 is 1.63 bits per heavy atom. The van der Waals surface area contributed by atoms with E-state index < -0.39 is 5.25 Å². The van der Waals surface area contributed by atoms with E-state index in [4.69, 9.17) is 4.98 Å². The maximum Gasteiger partial charge on any atom is 0.262 e. The minimum atomic E-state index is -0.541. The molecule has 1 aromatic heterocycles. The summed E-state index contributed by atoms with van der Waals surface area (Å²) in [6.07, 6.45) is 0. The van der Waals surface area contributed by atoms with Crippen LogP contribution in [0.1, 0.15) is 51.9 Å². The van der Waals surface area contributed by atoms with E-state index in [1.807, 2.05) is 18.2 Å². The molecule has 7 nitrogen and oxygen atoms in total. The highest BCUT2D eigenvalue weighted by Crippen LogP contribution is 2.25. The van der Waals surface area contributed by atoms with Crippen molar-refractivity contribution in [2.75, 3.05) is 11.9 Å². The van der Waals surface area contributed by atoms with Gasteiger partial charge in [0.15, 0.2) is 10.9 Å². The third-order valence-corrected chi connectivity index (χ3v) is 7.04. The average molecular weight is 495 g/mol. The van der Waals surface area contributed by atoms with Crippen molar-refractivity contribution in [1.82, 2.24) is 14.5 Å². The van der Waals surface area contributed by atoms with Gasteiger partial charge in [0.2, 0.25) is 5.91 Å². The number of aromatic nitrogens is 2. The molecule has 0 aliphatic carbocycles. The largest absolute Gasteiger partial charge is 0.324 e. The Hall–Kier alpha value is -2.97. The number of thioether (sulfide) groups is 1. The van der Waals surface area contributed by atoms with Gasteiger partial charge in [-0.15, -0.1) is 0 Å². The number of nitrogens with zero attached hydrogens (tertiary/aromatic N) is 3. The van der Waals surface area contributed by atoms with Crippen molar-refractivity contribution in [3.8, 4) is 0 Å². The first-order valence-corrected chi connectivity index (χ1v) is 12.8. The predicted molar refractivity (Wildman–Crippen MR) is 143 cm³/mol. The van der Waals surface area contributed by atoms with Gasteiger partial charge < -0.3 is 5.32 Å². The first-order chi connectivity index (χ1) is 16.6. The Balaban J connectivity index is 1.90. The standard InChI is InChI=1S/C27H34N4O3S/c1-17(2)30(18(3)4)15-16-31-26(34)22-12-8-10-14-24(22)29-27(31)35-20(6)25(33)28-23-13-9-7-11-21(23)19(5)32/h7-14,17-18,20H,15-16H2,1-6H3,(H,28,33). The smallest absolute Gasteiger partial charge is 0.262 e. The highest BCUT2D eigenvalue weighted by Gasteiger charge is 2.22. The Morgan fingerprint density at radius 1 is 1.00 bits per heavy atom. The van der Waals surface area contributed by atoms with E-state index in [2.05, 4.69) is 37.9 Å². The molecule has 0 aliphatic heterocycles. The maximum atomic E-state index is 13.4. The lowest BCUT2D eigenvalue weighted by atomic mass is 10.1. The summed E-state index contributed by atoms with van der Waals surface area (Å²) in [6, 6.07) is 14.9. The summed E-state index contributed by atoms with van der Waals surface area (Å²) in [6.45, 7) is 13.0. The zero-order valence-electron chi connectivity index (χ0n) is 21.2. The van der Waals surface area contributed by atoms with Gasteiger partial charge in [-0.05, 0) is 65.8 Å². The SMILES string of the molecule is CC(=O)c1ccccc1NC(=O)C(C)Sc1nc2ccccc2c(=O)n1CCN(C(C)C)C(C)C. The van der Waals surface area contributed by atoms with Crippen molar-refractivity contribution in [1.29, 1.82) is 0 Å². The summed E-state index contributed by atoms with van der Waals surface area (Å²) in [5, 5.41) is 3.38. The van der Waals surface area contributed by atoms with Crippen molar-refractivity contribution in [2.45, 2.75) is 70.6 Å². The molecule has 1 N–H and O–H groups in total. The molecule has 3 aromatic rings. The van der Waals surface area contributed by atoms with E-state index in [-0.39, 0.29) is 17.2 Å². The van der Waals surface area contributed by atoms with Crippen molar-refractivity contribution < 1.29 is 9.59 Å². The van der Waals surface area contributed by atoms with Crippen LogP contribution in [-0.4, -0.2) is 50.0 Å². The van der Waals surface area contributed by atoms with Gasteiger partial charge in [-0.1, -0.05) is 36.0 Å². The van der Waals surface area contributed by atoms with Crippen molar-refractivity contribution in [3.05, 3.63) is 64.4 Å². The van der Waals surface area contributed by atoms with Crippen molar-refractivity contribution in [2.24, 2.45) is 0 Å². The predicted octanol–water partition coefficient (Wildman–Crippen LogP) is 4.84. The molecule has 0 saturated heterocycles. The summed E-state index contributed by atoms with van der Waals surface area (Å²) < 4.78 is 1.68. The van der Waals surface area contributed by atoms with Crippen LogP contribution in [0, 0.1) is 0 Å². The maximum absolute atomic E-state index is 13.4. The summed E-state index contributed by atoms with van der Waals surface area (Å²) >= 11 is 1.25. The Morgan fingerprint density at radius 3 is 2.29 bits per heavy atom. The molecule has 3 rings (SSSR count). The summed E-state index contributed by atoms with van der Waals surface area (Å²) in [7, 11) is 0. The van der Waals surface area contributed by atoms with Crippen LogP contribution in [0.25, 0.3) is 10.9 Å². The van der Waals surface area contributed by atoms with Crippen molar-refractivity contribution in [3.63, 3.8) is 0 Å². The number of Topliss-reactive ketones (excluding diaryl/α,β-unsaturated/α-hetero) is 1. The zero-order chi connectivity index (χ0) is 25.7. The molecular formula is C27H34N4O3S. The molecule has 186 valence electrons. The van der Waals surface area contributed by atoms with Gasteiger partial charge in [0.1, 0.15) is 0 Å². The van der Waals surface area contributed by atoms with Crippen LogP contribution in [0.3, 0.4) is 0 Å². The number of carbonyl (C=O) groups is 2. The first-order valence-electron chi connectivity index (χ1n) is 11.9. The fraction of sp³-hybridized carbons (Fsp3) is 0.407. The van der Waals surface area contributed by atoms with Gasteiger partial charge in [0.25, 0.3) is 5.56 Å². The summed E-state index contributed by atoms with van der Waals surface area (Å²) in [5.74, 6) is -0.380. The number of para-hydroxylation sites is 2. The molecule has 1 atom stereocenters. The van der Waals surface area contributed by atoms with E-state index in [0.29, 0.717) is 52.5 Å². The molecule has 0 fully saturated rings. The molecule has 0 aliphatic rings. The number of benzene rings is 2. The van der Waals surface area contributed by atoms with E-state index in [1.165, 1.54) is 18.7 Å². The minimum Gasteiger partial charge on any atom is -0.324 e. The number of hydrogen-bond donors (Lipinski definition) is 1. The number of ketones is 1. The third-order valence-electron chi connectivity index (χ3n) is 5.95. The van der Waals surface area contributed by atoms with Gasteiger partial charge in [-0.25, -0.2) is 4.98 Å². The van der Waals surface area contributed by atoms with E-state index in [9.17, 15) is 14.4 Å². The molecule has 0 radical (unpaired) electrons. The molecule has 8 heteroatoms. The van der Waals surface area contributed by atoms with Gasteiger partial charge in [-0.3, -0.25) is 23.9 Å². The Kier molecular flexibility index (Phi) is 8.86. The fourth-order valence-electron chi connectivity index (χ4n) is 4.11. The number of carbonyl (C=O) groups excluding carboxylic acids is 2. The minimum absolute atomic E-state index is 0.111. The number of amides is 1. The van der Waals surface area contributed by atoms with Crippen LogP contribution in [0.15, 0.2) is 58.5 Å². The number of fused-ring (bicyclic) bond motifs is 1. The third kappa shape index (κ3) is 6.38. The second kappa shape index (κ2) is 11.6. The van der Waals surface area contributed by atoms with Crippen LogP contribution >= 0.6 is 11.8 Å². The Labute approximate surface area is 210 Å². The topological polar surface area (TPSA) is 84.3 Å². The molecule has 1 amide bonds. The first kappa shape index (κ1) is 26.6. The molecule has 35 heavy (non-hydrogen) atoms. The summed E-state index contributed by atoms with van der Waals surface area (Å²) in [4.78, 5) is 45.5. The molecule has 0 saturated carbocycles. The number of hydrogen-bond acceptors (Lipinski definition) is 6. The van der Waals surface area contributed by atoms with Crippen LogP contribution < -0.4 is 10.9 Å². The van der Waals surface area contributed by atoms with E-state index >= 15 is 0 Å². The van der Waals surface area contributed by atoms with Crippen LogP contribution in [0.4, 0.5) is 5.69 Å². The van der Waals surface area contributed by atoms with Crippen molar-refractivity contribution >= 4 is 40.0 Å². The van der Waals surface area contributed by atoms with Gasteiger partial charge in [-0.2, -0.15) is 0 Å². The van der Waals surface area contributed by atoms with Gasteiger partial charge >= 0.3 is 0 Å². The van der Waals surface area contributed by atoms with Crippen LogP contribution in [-0.2, 0) is 11.3 Å². The highest BCUT2D eigenvalue weighted by atomic mass is 32.2. The lowest BCUT2D eigenvalue weighted by Crippen LogP contribution is -2.40. The second-order valence-corrected chi connectivity index (χ2v) is 10.5. The van der Waals surface area contributed by atoms with Gasteiger partial charge in [0.05, 0.1) is 21.8 Å². The second-order valence-electron chi connectivity index (χ2n) is 9.14. The molecule has 0 spiro atoms. The molecule has 0 bridgehead atoms. The number of rotatable bonds is 10. The monoisotopic (exact) mass is 494 g/mol. The molecule has 1 unspecified atom stereocenters. The molecule has 1 heterocycles. The zero-order valence-corrected chi connectivity index (χ0v) is 22.1. The number of anilines is 1. The quantitative estimate of drug-likeness (QED) is 0.247. The van der Waals surface area contributed by atoms with E-state index in [1.54, 1.807) is 41.8 Å². The molecule has 2 aromatic carbocycles. The summed E-state index contributed by atoms with van der Waals surface area (Å²) in [5.41, 5.74) is 1.43.